The summed E-state index contributed by atoms with van der Waals surface area (Å²) in [5.74, 6) is 0.226. The Morgan fingerprint density at radius 1 is 1.29 bits per heavy atom. The second-order valence-corrected chi connectivity index (χ2v) is 2.94. The van der Waals surface area contributed by atoms with Gasteiger partial charge in [-0.3, -0.25) is 4.79 Å². The Bertz CT molecular complexity index is 475. The number of carbonyl (C=O) groups is 1. The van der Waals surface area contributed by atoms with Gasteiger partial charge < -0.3 is 14.5 Å². The van der Waals surface area contributed by atoms with E-state index in [0.29, 0.717) is 17.3 Å². The van der Waals surface area contributed by atoms with Crippen molar-refractivity contribution in [1.29, 1.82) is 0 Å². The molecule has 0 bridgehead atoms. The van der Waals surface area contributed by atoms with E-state index in [1.54, 1.807) is 18.2 Å². The van der Waals surface area contributed by atoms with Gasteiger partial charge in [0.05, 0.1) is 0 Å². The average molecular weight is 190 g/mol. The lowest BCUT2D eigenvalue weighted by Gasteiger charge is -1.96. The van der Waals surface area contributed by atoms with Crippen molar-refractivity contribution in [2.75, 3.05) is 0 Å². The van der Waals surface area contributed by atoms with Crippen LogP contribution in [-0.2, 0) is 0 Å². The maximum atomic E-state index is 10.4. The average Bonchev–Trinajstić information content (AvgIpc) is 2.58. The predicted octanol–water partition coefficient (Wildman–Crippen LogP) is -0.0749. The molecule has 0 atom stereocenters. The molecule has 70 valence electrons. The second-order valence-electron chi connectivity index (χ2n) is 2.94. The maximum Gasteiger partial charge on any atom is 0.488 e. The lowest BCUT2D eigenvalue weighted by atomic mass is 9.80. The van der Waals surface area contributed by atoms with Crippen LogP contribution < -0.4 is 5.46 Å². The summed E-state index contributed by atoms with van der Waals surface area (Å²) in [6.07, 6.45) is 0.606. The van der Waals surface area contributed by atoms with E-state index in [4.69, 9.17) is 14.5 Å². The van der Waals surface area contributed by atoms with E-state index in [1.165, 1.54) is 6.07 Å². The number of carbonyl (C=O) groups excluding carboxylic acids is 1. The molecule has 0 aliphatic heterocycles. The number of hydrogen-bond acceptors (Lipinski definition) is 4. The molecule has 1 heterocycles. The maximum absolute atomic E-state index is 10.4. The van der Waals surface area contributed by atoms with E-state index in [2.05, 4.69) is 0 Å². The van der Waals surface area contributed by atoms with Crippen LogP contribution in [0.5, 0.6) is 0 Å². The van der Waals surface area contributed by atoms with Crippen molar-refractivity contribution < 1.29 is 19.3 Å². The van der Waals surface area contributed by atoms with Crippen molar-refractivity contribution in [1.82, 2.24) is 0 Å². The van der Waals surface area contributed by atoms with E-state index in [-0.39, 0.29) is 5.76 Å². The molecule has 0 saturated carbocycles. The molecule has 1 aromatic carbocycles. The highest BCUT2D eigenvalue weighted by atomic mass is 16.4. The number of furan rings is 1. The van der Waals surface area contributed by atoms with Crippen molar-refractivity contribution in [3.05, 3.63) is 30.0 Å². The van der Waals surface area contributed by atoms with Crippen LogP contribution in [0.4, 0.5) is 0 Å². The van der Waals surface area contributed by atoms with Gasteiger partial charge in [-0.1, -0.05) is 12.1 Å². The first-order chi connectivity index (χ1) is 6.70. The summed E-state index contributed by atoms with van der Waals surface area (Å²) in [5.41, 5.74) is 0.807. The third-order valence-electron chi connectivity index (χ3n) is 1.98. The van der Waals surface area contributed by atoms with Gasteiger partial charge in [-0.15, -0.1) is 0 Å². The predicted molar refractivity (Wildman–Crippen MR) is 51.4 cm³/mol. The van der Waals surface area contributed by atoms with Gasteiger partial charge in [-0.2, -0.15) is 0 Å². The second kappa shape index (κ2) is 3.28. The minimum atomic E-state index is -1.52. The van der Waals surface area contributed by atoms with E-state index in [0.717, 1.165) is 5.39 Å². The van der Waals surface area contributed by atoms with Gasteiger partial charge in [-0.05, 0) is 17.6 Å². The van der Waals surface area contributed by atoms with Crippen LogP contribution >= 0.6 is 0 Å². The first-order valence-corrected chi connectivity index (χ1v) is 4.05. The van der Waals surface area contributed by atoms with Crippen LogP contribution in [-0.4, -0.2) is 23.5 Å². The normalized spacial score (nSPS) is 10.4. The van der Waals surface area contributed by atoms with Crippen LogP contribution in [0.15, 0.2) is 28.7 Å². The zero-order chi connectivity index (χ0) is 10.1. The third kappa shape index (κ3) is 1.43. The molecule has 2 N–H and O–H groups in total. The molecule has 0 unspecified atom stereocenters. The molecule has 0 amide bonds. The molecule has 0 spiro atoms. The van der Waals surface area contributed by atoms with Crippen molar-refractivity contribution in [3.63, 3.8) is 0 Å². The monoisotopic (exact) mass is 190 g/mol. The first kappa shape index (κ1) is 8.99. The summed E-state index contributed by atoms with van der Waals surface area (Å²) in [6, 6.07) is 6.32. The molecule has 0 fully saturated rings. The zero-order valence-electron chi connectivity index (χ0n) is 7.18. The third-order valence-corrected chi connectivity index (χ3v) is 1.98. The van der Waals surface area contributed by atoms with E-state index >= 15 is 0 Å². The van der Waals surface area contributed by atoms with E-state index < -0.39 is 7.12 Å². The summed E-state index contributed by atoms with van der Waals surface area (Å²) in [7, 11) is -1.52. The number of rotatable bonds is 2. The summed E-state index contributed by atoms with van der Waals surface area (Å²) >= 11 is 0. The van der Waals surface area contributed by atoms with Gasteiger partial charge in [0.15, 0.2) is 12.0 Å². The molecule has 1 aromatic heterocycles. The minimum Gasteiger partial charge on any atom is -0.453 e. The standard InChI is InChI=1S/C9H7BO4/c11-5-8-3-6-1-2-7(10(12)13)4-9(6)14-8/h1-5,12-13H. The fraction of sp³-hybridized carbons (Fsp3) is 0. The van der Waals surface area contributed by atoms with E-state index in [9.17, 15) is 4.79 Å². The van der Waals surface area contributed by atoms with Crippen LogP contribution in [0.2, 0.25) is 0 Å². The molecule has 0 radical (unpaired) electrons. The Morgan fingerprint density at radius 3 is 2.71 bits per heavy atom. The lowest BCUT2D eigenvalue weighted by molar-refractivity contribution is 0.110. The Balaban J connectivity index is 2.59. The number of fused-ring (bicyclic) bond motifs is 1. The molecule has 14 heavy (non-hydrogen) atoms. The van der Waals surface area contributed by atoms with Crippen molar-refractivity contribution >= 4 is 29.8 Å². The first-order valence-electron chi connectivity index (χ1n) is 4.05. The van der Waals surface area contributed by atoms with E-state index in [1.807, 2.05) is 0 Å². The SMILES string of the molecule is O=Cc1cc2ccc(B(O)O)cc2o1. The van der Waals surface area contributed by atoms with Crippen LogP contribution in [0.1, 0.15) is 10.6 Å². The quantitative estimate of drug-likeness (QED) is 0.513. The molecular weight excluding hydrogens is 183 g/mol. The largest absolute Gasteiger partial charge is 0.488 e. The van der Waals surface area contributed by atoms with Gasteiger partial charge in [0.1, 0.15) is 5.58 Å². The highest BCUT2D eigenvalue weighted by Gasteiger charge is 2.12. The number of benzene rings is 1. The Morgan fingerprint density at radius 2 is 2.07 bits per heavy atom. The molecule has 0 saturated heterocycles. The fourth-order valence-electron chi connectivity index (χ4n) is 1.29. The summed E-state index contributed by atoms with van der Waals surface area (Å²) < 4.78 is 5.12. The smallest absolute Gasteiger partial charge is 0.453 e. The number of aldehydes is 1. The Hall–Kier alpha value is -1.59. The van der Waals surface area contributed by atoms with Gasteiger partial charge in [0.2, 0.25) is 0 Å². The molecule has 2 aromatic rings. The topological polar surface area (TPSA) is 70.7 Å². The van der Waals surface area contributed by atoms with Crippen LogP contribution in [0.3, 0.4) is 0 Å². The zero-order valence-corrected chi connectivity index (χ0v) is 7.18. The molecular formula is C9H7BO4. The highest BCUT2D eigenvalue weighted by Crippen LogP contribution is 2.16. The molecule has 2 rings (SSSR count). The van der Waals surface area contributed by atoms with Crippen molar-refractivity contribution in [3.8, 4) is 0 Å². The molecule has 5 heteroatoms. The lowest BCUT2D eigenvalue weighted by Crippen LogP contribution is -2.29. The van der Waals surface area contributed by atoms with Gasteiger partial charge >= 0.3 is 7.12 Å². The Kier molecular flexibility index (Phi) is 2.11. The Labute approximate surface area is 79.9 Å². The minimum absolute atomic E-state index is 0.226. The fourth-order valence-corrected chi connectivity index (χ4v) is 1.29. The molecule has 0 aliphatic carbocycles. The molecule has 0 aliphatic rings. The van der Waals surface area contributed by atoms with Crippen molar-refractivity contribution in [2.45, 2.75) is 0 Å². The summed E-state index contributed by atoms with van der Waals surface area (Å²) in [6.45, 7) is 0. The van der Waals surface area contributed by atoms with Crippen LogP contribution in [0, 0.1) is 0 Å². The van der Waals surface area contributed by atoms with Gasteiger partial charge in [-0.25, -0.2) is 0 Å². The highest BCUT2D eigenvalue weighted by molar-refractivity contribution is 6.58. The van der Waals surface area contributed by atoms with Crippen molar-refractivity contribution in [2.24, 2.45) is 0 Å². The van der Waals surface area contributed by atoms with Gasteiger partial charge in [0.25, 0.3) is 0 Å². The summed E-state index contributed by atoms with van der Waals surface area (Å²) in [4.78, 5) is 10.4. The van der Waals surface area contributed by atoms with Crippen LogP contribution in [0.25, 0.3) is 11.0 Å². The number of hydrogen-bond donors (Lipinski definition) is 2. The summed E-state index contributed by atoms with van der Waals surface area (Å²) in [5, 5.41) is 18.5. The molecule has 4 nitrogen and oxygen atoms in total. The van der Waals surface area contributed by atoms with Gasteiger partial charge in [0, 0.05) is 5.39 Å².